The van der Waals surface area contributed by atoms with E-state index in [4.69, 9.17) is 4.74 Å². The highest BCUT2D eigenvalue weighted by Crippen LogP contribution is 2.43. The molecule has 0 N–H and O–H groups in total. The lowest BCUT2D eigenvalue weighted by Crippen LogP contribution is -2.30. The predicted octanol–water partition coefficient (Wildman–Crippen LogP) is 4.66. The Hall–Kier alpha value is -1.05. The largest absolute Gasteiger partial charge is 0.462 e. The fourth-order valence-corrected chi connectivity index (χ4v) is 4.38. The zero-order valence-electron chi connectivity index (χ0n) is 13.4. The van der Waals surface area contributed by atoms with Gasteiger partial charge in [-0.25, -0.2) is 0 Å². The molecule has 1 aliphatic heterocycles. The number of carbonyl (C=O) groups is 1. The average molecular weight is 288 g/mol. The molecule has 0 spiro atoms. The first kappa shape index (κ1) is 14.9. The van der Waals surface area contributed by atoms with Crippen molar-refractivity contribution in [2.75, 3.05) is 0 Å². The van der Waals surface area contributed by atoms with Crippen LogP contribution in [0.25, 0.3) is 0 Å². The van der Waals surface area contributed by atoms with Crippen molar-refractivity contribution in [2.45, 2.75) is 64.9 Å². The number of fused-ring (bicyclic) bond motifs is 1. The van der Waals surface area contributed by atoms with E-state index in [-0.39, 0.29) is 12.1 Å². The molecule has 0 aromatic rings. The molecule has 3 aliphatic rings. The van der Waals surface area contributed by atoms with Crippen molar-refractivity contribution in [1.82, 2.24) is 0 Å². The molecular weight excluding hydrogens is 260 g/mol. The third-order valence-corrected chi connectivity index (χ3v) is 5.65. The number of rotatable bonds is 3. The molecule has 2 heteroatoms. The minimum absolute atomic E-state index is 0.00918. The first-order valence-electron chi connectivity index (χ1n) is 8.73. The molecule has 2 nitrogen and oxygen atoms in total. The van der Waals surface area contributed by atoms with Gasteiger partial charge in [-0.05, 0) is 67.8 Å². The van der Waals surface area contributed by atoms with Gasteiger partial charge in [0.15, 0.2) is 0 Å². The lowest BCUT2D eigenvalue weighted by Gasteiger charge is -2.39. The van der Waals surface area contributed by atoms with Gasteiger partial charge in [-0.15, -0.1) is 0 Å². The summed E-state index contributed by atoms with van der Waals surface area (Å²) < 4.78 is 5.49. The minimum atomic E-state index is 0.00918. The molecule has 0 saturated carbocycles. The van der Waals surface area contributed by atoms with Crippen molar-refractivity contribution in [3.63, 3.8) is 0 Å². The van der Waals surface area contributed by atoms with Crippen LogP contribution >= 0.6 is 0 Å². The van der Waals surface area contributed by atoms with E-state index in [0.29, 0.717) is 12.3 Å². The van der Waals surface area contributed by atoms with Gasteiger partial charge in [0, 0.05) is 6.42 Å². The number of hydrogen-bond donors (Lipinski definition) is 0. The first-order chi connectivity index (χ1) is 10.1. The maximum Gasteiger partial charge on any atom is 0.306 e. The molecule has 116 valence electrons. The van der Waals surface area contributed by atoms with Gasteiger partial charge in [-0.3, -0.25) is 4.79 Å². The van der Waals surface area contributed by atoms with Crippen LogP contribution in [0.4, 0.5) is 0 Å². The topological polar surface area (TPSA) is 26.3 Å². The Balaban J connectivity index is 1.62. The summed E-state index contributed by atoms with van der Waals surface area (Å²) in [5.74, 6) is 2.86. The fraction of sp³-hybridized carbons (Fsp3) is 0.737. The second kappa shape index (κ2) is 6.37. The quantitative estimate of drug-likeness (QED) is 0.706. The summed E-state index contributed by atoms with van der Waals surface area (Å²) in [6.45, 7) is 4.68. The number of allylic oxidation sites excluding steroid dienone is 4. The van der Waals surface area contributed by atoms with E-state index in [1.165, 1.54) is 19.3 Å². The summed E-state index contributed by atoms with van der Waals surface area (Å²) in [6, 6.07) is 0. The second-order valence-electron chi connectivity index (χ2n) is 7.29. The Morgan fingerprint density at radius 3 is 2.86 bits per heavy atom. The van der Waals surface area contributed by atoms with Gasteiger partial charge < -0.3 is 4.74 Å². The lowest BCUT2D eigenvalue weighted by atomic mass is 9.66. The van der Waals surface area contributed by atoms with Crippen LogP contribution in [0.15, 0.2) is 23.8 Å². The number of carbonyl (C=O) groups excluding carboxylic acids is 1. The van der Waals surface area contributed by atoms with Crippen molar-refractivity contribution in [3.05, 3.63) is 23.8 Å². The van der Waals surface area contributed by atoms with Gasteiger partial charge in [-0.1, -0.05) is 32.1 Å². The van der Waals surface area contributed by atoms with Crippen LogP contribution in [0, 0.1) is 23.7 Å². The van der Waals surface area contributed by atoms with Crippen molar-refractivity contribution in [2.24, 2.45) is 23.7 Å². The summed E-state index contributed by atoms with van der Waals surface area (Å²) in [6.07, 6.45) is 15.0. The monoisotopic (exact) mass is 288 g/mol. The Bertz CT molecular complexity index is 448. The Kier molecular flexibility index (Phi) is 4.51. The average Bonchev–Trinajstić information content (AvgIpc) is 2.46. The van der Waals surface area contributed by atoms with E-state index in [0.717, 1.165) is 37.0 Å². The number of ether oxygens (including phenoxy) is 1. The van der Waals surface area contributed by atoms with Crippen molar-refractivity contribution >= 4 is 5.97 Å². The van der Waals surface area contributed by atoms with E-state index >= 15 is 0 Å². The van der Waals surface area contributed by atoms with E-state index in [1.54, 1.807) is 5.57 Å². The summed E-state index contributed by atoms with van der Waals surface area (Å²) in [5.41, 5.74) is 1.57. The molecule has 1 fully saturated rings. The summed E-state index contributed by atoms with van der Waals surface area (Å²) in [4.78, 5) is 11.4. The van der Waals surface area contributed by atoms with Gasteiger partial charge in [0.25, 0.3) is 0 Å². The molecule has 1 saturated heterocycles. The van der Waals surface area contributed by atoms with Crippen LogP contribution in [0.5, 0.6) is 0 Å². The van der Waals surface area contributed by atoms with Gasteiger partial charge >= 0.3 is 5.97 Å². The van der Waals surface area contributed by atoms with Crippen molar-refractivity contribution in [3.8, 4) is 0 Å². The molecule has 0 aromatic carbocycles. The van der Waals surface area contributed by atoms with Crippen LogP contribution in [0.3, 0.4) is 0 Å². The smallest absolute Gasteiger partial charge is 0.306 e. The summed E-state index contributed by atoms with van der Waals surface area (Å²) >= 11 is 0. The summed E-state index contributed by atoms with van der Waals surface area (Å²) in [7, 11) is 0. The van der Waals surface area contributed by atoms with Crippen LogP contribution < -0.4 is 0 Å². The molecule has 0 aromatic heterocycles. The third kappa shape index (κ3) is 3.41. The molecule has 21 heavy (non-hydrogen) atoms. The Morgan fingerprint density at radius 1 is 1.19 bits per heavy atom. The molecule has 2 aliphatic carbocycles. The molecule has 4 unspecified atom stereocenters. The zero-order chi connectivity index (χ0) is 14.8. The van der Waals surface area contributed by atoms with E-state index in [2.05, 4.69) is 32.1 Å². The molecule has 1 heterocycles. The highest BCUT2D eigenvalue weighted by Gasteiger charge is 2.33. The highest BCUT2D eigenvalue weighted by atomic mass is 16.5. The van der Waals surface area contributed by atoms with Crippen LogP contribution in [-0.4, -0.2) is 12.1 Å². The number of hydrogen-bond acceptors (Lipinski definition) is 2. The van der Waals surface area contributed by atoms with Gasteiger partial charge in [0.05, 0.1) is 0 Å². The number of cyclic esters (lactones) is 1. The Morgan fingerprint density at radius 2 is 2.05 bits per heavy atom. The van der Waals surface area contributed by atoms with Gasteiger partial charge in [0.1, 0.15) is 6.10 Å². The first-order valence-corrected chi connectivity index (χ1v) is 8.73. The predicted molar refractivity (Wildman–Crippen MR) is 84.7 cm³/mol. The van der Waals surface area contributed by atoms with Crippen LogP contribution in [0.2, 0.25) is 0 Å². The minimum Gasteiger partial charge on any atom is -0.462 e. The lowest BCUT2D eigenvalue weighted by molar-refractivity contribution is -0.154. The third-order valence-electron chi connectivity index (χ3n) is 5.65. The number of esters is 1. The molecular formula is C19H28O2. The van der Waals surface area contributed by atoms with E-state index in [1.807, 2.05) is 0 Å². The Labute approximate surface area is 128 Å². The van der Waals surface area contributed by atoms with Crippen molar-refractivity contribution in [1.29, 1.82) is 0 Å². The molecule has 0 radical (unpaired) electrons. The fourth-order valence-electron chi connectivity index (χ4n) is 4.38. The zero-order valence-corrected chi connectivity index (χ0v) is 13.4. The molecule has 0 bridgehead atoms. The maximum atomic E-state index is 11.4. The SMILES string of the molecule is CC1C=CC2=C[C@H](C)CCC2C1CCC1CCCC(=O)O1. The highest BCUT2D eigenvalue weighted by molar-refractivity contribution is 5.70. The van der Waals surface area contributed by atoms with E-state index in [9.17, 15) is 4.79 Å². The van der Waals surface area contributed by atoms with Gasteiger partial charge in [0.2, 0.25) is 0 Å². The summed E-state index contributed by atoms with van der Waals surface area (Å²) in [5, 5.41) is 0. The molecule has 3 rings (SSSR count). The molecule has 5 atom stereocenters. The second-order valence-corrected chi connectivity index (χ2v) is 7.29. The normalized spacial score (nSPS) is 39.4. The van der Waals surface area contributed by atoms with Crippen LogP contribution in [0.1, 0.15) is 58.8 Å². The molecule has 0 amide bonds. The van der Waals surface area contributed by atoms with Crippen molar-refractivity contribution < 1.29 is 9.53 Å². The van der Waals surface area contributed by atoms with E-state index < -0.39 is 0 Å². The van der Waals surface area contributed by atoms with Gasteiger partial charge in [-0.2, -0.15) is 0 Å². The van der Waals surface area contributed by atoms with Crippen LogP contribution in [-0.2, 0) is 9.53 Å². The standard InChI is InChI=1S/C19H28O2/c1-13-6-10-18-15(12-13)8-7-14(2)17(18)11-9-16-4-3-5-19(20)21-16/h7-8,12-14,16-18H,3-6,9-11H2,1-2H3/t13-,14?,16?,17?,18?/m1/s1. The maximum absolute atomic E-state index is 11.4.